The van der Waals surface area contributed by atoms with E-state index in [9.17, 15) is 9.59 Å². The third-order valence-corrected chi connectivity index (χ3v) is 2.57. The zero-order chi connectivity index (χ0) is 14.5. The lowest BCUT2D eigenvalue weighted by Crippen LogP contribution is -2.29. The number of nitrogens with one attached hydrogen (secondary N) is 2. The number of nitrogens with zero attached hydrogens (tertiary/aromatic N) is 1. The highest BCUT2D eigenvalue weighted by Gasteiger charge is 2.12. The smallest absolute Gasteiger partial charge is 0.337 e. The molecule has 0 aliphatic heterocycles. The van der Waals surface area contributed by atoms with Crippen LogP contribution in [0, 0.1) is 6.92 Å². The van der Waals surface area contributed by atoms with Crippen LogP contribution in [0.4, 0.5) is 10.5 Å². The lowest BCUT2D eigenvalue weighted by molar-refractivity contribution is 0.0698. The maximum absolute atomic E-state index is 11.7. The summed E-state index contributed by atoms with van der Waals surface area (Å²) in [5.74, 6) is -1.10. The number of carboxylic acids is 1. The van der Waals surface area contributed by atoms with Crippen LogP contribution in [-0.4, -0.2) is 22.3 Å². The Bertz CT molecular complexity index is 623. The van der Waals surface area contributed by atoms with Crippen molar-refractivity contribution in [2.75, 3.05) is 5.32 Å². The third-order valence-electron chi connectivity index (χ3n) is 2.57. The van der Waals surface area contributed by atoms with Crippen LogP contribution in [-0.2, 0) is 6.54 Å². The minimum atomic E-state index is -1.10. The van der Waals surface area contributed by atoms with E-state index in [0.717, 1.165) is 5.56 Å². The van der Waals surface area contributed by atoms with Crippen molar-refractivity contribution < 1.29 is 19.2 Å². The van der Waals surface area contributed by atoms with Crippen molar-refractivity contribution in [3.8, 4) is 0 Å². The van der Waals surface area contributed by atoms with Gasteiger partial charge in [0.1, 0.15) is 12.0 Å². The highest BCUT2D eigenvalue weighted by molar-refractivity contribution is 6.00. The highest BCUT2D eigenvalue weighted by atomic mass is 16.5. The number of carbonyl (C=O) groups is 2. The average Bonchev–Trinajstić information content (AvgIpc) is 2.91. The number of amides is 2. The number of rotatable bonds is 4. The SMILES string of the molecule is Cc1ccc(NC(=O)NCc2ccon2)c(C(=O)O)c1. The van der Waals surface area contributed by atoms with Gasteiger partial charge in [-0.15, -0.1) is 0 Å². The van der Waals surface area contributed by atoms with Crippen molar-refractivity contribution in [1.29, 1.82) is 0 Å². The van der Waals surface area contributed by atoms with E-state index in [4.69, 9.17) is 5.11 Å². The topological polar surface area (TPSA) is 104 Å². The quantitative estimate of drug-likeness (QED) is 0.791. The van der Waals surface area contributed by atoms with Crippen molar-refractivity contribution in [3.63, 3.8) is 0 Å². The van der Waals surface area contributed by atoms with Crippen molar-refractivity contribution in [2.24, 2.45) is 0 Å². The first-order valence-corrected chi connectivity index (χ1v) is 5.84. The standard InChI is InChI=1S/C13H13N3O4/c1-8-2-3-11(10(6-8)12(17)18)15-13(19)14-7-9-4-5-20-16-9/h2-6H,7H2,1H3,(H,17,18)(H2,14,15,19). The molecule has 2 rings (SSSR count). The van der Waals surface area contributed by atoms with E-state index in [0.29, 0.717) is 5.69 Å². The van der Waals surface area contributed by atoms with E-state index in [-0.39, 0.29) is 17.8 Å². The van der Waals surface area contributed by atoms with E-state index >= 15 is 0 Å². The van der Waals surface area contributed by atoms with Gasteiger partial charge in [0.2, 0.25) is 0 Å². The zero-order valence-electron chi connectivity index (χ0n) is 10.7. The molecule has 0 fully saturated rings. The Hall–Kier alpha value is -2.83. The normalized spacial score (nSPS) is 10.1. The molecule has 0 bridgehead atoms. The molecule has 20 heavy (non-hydrogen) atoms. The van der Waals surface area contributed by atoms with Gasteiger partial charge in [0.15, 0.2) is 0 Å². The first kappa shape index (κ1) is 13.6. The lowest BCUT2D eigenvalue weighted by Gasteiger charge is -2.09. The molecule has 0 unspecified atom stereocenters. The van der Waals surface area contributed by atoms with Gasteiger partial charge in [0.25, 0.3) is 0 Å². The molecular formula is C13H13N3O4. The molecule has 2 aromatic rings. The van der Waals surface area contributed by atoms with Crippen LogP contribution in [0.1, 0.15) is 21.6 Å². The van der Waals surface area contributed by atoms with E-state index in [1.54, 1.807) is 25.1 Å². The number of anilines is 1. The summed E-state index contributed by atoms with van der Waals surface area (Å²) in [6, 6.07) is 5.87. The van der Waals surface area contributed by atoms with Crippen LogP contribution >= 0.6 is 0 Å². The minimum absolute atomic E-state index is 0.0431. The molecule has 104 valence electrons. The van der Waals surface area contributed by atoms with Crippen LogP contribution in [0.5, 0.6) is 0 Å². The van der Waals surface area contributed by atoms with Crippen LogP contribution in [0.2, 0.25) is 0 Å². The Morgan fingerprint density at radius 3 is 2.80 bits per heavy atom. The van der Waals surface area contributed by atoms with Gasteiger partial charge in [-0.05, 0) is 19.1 Å². The van der Waals surface area contributed by atoms with E-state index in [1.807, 2.05) is 0 Å². The predicted molar refractivity (Wildman–Crippen MR) is 70.5 cm³/mol. The van der Waals surface area contributed by atoms with Crippen molar-refractivity contribution in [3.05, 3.63) is 47.3 Å². The summed E-state index contributed by atoms with van der Waals surface area (Å²) < 4.78 is 4.63. The molecule has 0 saturated carbocycles. The number of aromatic carboxylic acids is 1. The molecule has 1 aromatic carbocycles. The van der Waals surface area contributed by atoms with Crippen molar-refractivity contribution in [2.45, 2.75) is 13.5 Å². The van der Waals surface area contributed by atoms with Gasteiger partial charge in [-0.25, -0.2) is 9.59 Å². The molecule has 7 nitrogen and oxygen atoms in total. The molecule has 0 saturated heterocycles. The Labute approximate surface area is 114 Å². The summed E-state index contributed by atoms with van der Waals surface area (Å²) in [6.45, 7) is 1.97. The molecule has 0 atom stereocenters. The molecule has 0 aliphatic carbocycles. The van der Waals surface area contributed by atoms with Gasteiger partial charge in [-0.3, -0.25) is 0 Å². The average molecular weight is 275 g/mol. The fourth-order valence-electron chi connectivity index (χ4n) is 1.61. The van der Waals surface area contributed by atoms with Crippen LogP contribution in [0.25, 0.3) is 0 Å². The molecule has 1 aromatic heterocycles. The number of hydrogen-bond donors (Lipinski definition) is 3. The Kier molecular flexibility index (Phi) is 3.99. The summed E-state index contributed by atoms with van der Waals surface area (Å²) in [5.41, 5.74) is 1.65. The summed E-state index contributed by atoms with van der Waals surface area (Å²) in [5, 5.41) is 17.8. The van der Waals surface area contributed by atoms with Gasteiger partial charge in [0.05, 0.1) is 17.8 Å². The molecule has 2 amide bonds. The Balaban J connectivity index is 2.02. The number of carbonyl (C=O) groups excluding carboxylic acids is 1. The van der Waals surface area contributed by atoms with Gasteiger partial charge in [0, 0.05) is 6.07 Å². The van der Waals surface area contributed by atoms with Crippen molar-refractivity contribution >= 4 is 17.7 Å². The minimum Gasteiger partial charge on any atom is -0.478 e. The largest absolute Gasteiger partial charge is 0.478 e. The second-order valence-electron chi connectivity index (χ2n) is 4.15. The fraction of sp³-hybridized carbons (Fsp3) is 0.154. The Morgan fingerprint density at radius 1 is 1.35 bits per heavy atom. The summed E-state index contributed by atoms with van der Waals surface area (Å²) >= 11 is 0. The molecular weight excluding hydrogens is 262 g/mol. The second kappa shape index (κ2) is 5.87. The van der Waals surface area contributed by atoms with Crippen LogP contribution in [0.3, 0.4) is 0 Å². The van der Waals surface area contributed by atoms with E-state index in [2.05, 4.69) is 20.3 Å². The molecule has 0 radical (unpaired) electrons. The molecule has 1 heterocycles. The van der Waals surface area contributed by atoms with Gasteiger partial charge >= 0.3 is 12.0 Å². The number of hydrogen-bond acceptors (Lipinski definition) is 4. The summed E-state index contributed by atoms with van der Waals surface area (Å²) in [6.07, 6.45) is 1.40. The zero-order valence-corrected chi connectivity index (χ0v) is 10.7. The third kappa shape index (κ3) is 3.35. The molecule has 0 aliphatic rings. The molecule has 7 heteroatoms. The highest BCUT2D eigenvalue weighted by Crippen LogP contribution is 2.17. The Morgan fingerprint density at radius 2 is 2.15 bits per heavy atom. The first-order valence-electron chi connectivity index (χ1n) is 5.84. The second-order valence-corrected chi connectivity index (χ2v) is 4.15. The van der Waals surface area contributed by atoms with Gasteiger partial charge in [-0.1, -0.05) is 16.8 Å². The monoisotopic (exact) mass is 275 g/mol. The first-order chi connectivity index (χ1) is 9.56. The summed E-state index contributed by atoms with van der Waals surface area (Å²) in [7, 11) is 0. The van der Waals surface area contributed by atoms with Crippen LogP contribution in [0.15, 0.2) is 35.1 Å². The fourth-order valence-corrected chi connectivity index (χ4v) is 1.61. The maximum Gasteiger partial charge on any atom is 0.337 e. The van der Waals surface area contributed by atoms with Crippen molar-refractivity contribution in [1.82, 2.24) is 10.5 Å². The lowest BCUT2D eigenvalue weighted by atomic mass is 10.1. The number of aryl methyl sites for hydroxylation is 1. The van der Waals surface area contributed by atoms with Gasteiger partial charge in [-0.2, -0.15) is 0 Å². The maximum atomic E-state index is 11.7. The van der Waals surface area contributed by atoms with E-state index < -0.39 is 12.0 Å². The number of carboxylic acid groups (broad SMARTS) is 1. The number of aromatic nitrogens is 1. The number of benzene rings is 1. The molecule has 3 N–H and O–H groups in total. The number of urea groups is 1. The predicted octanol–water partition coefficient (Wildman–Crippen LogP) is 2.00. The summed E-state index contributed by atoms with van der Waals surface area (Å²) in [4.78, 5) is 22.8. The van der Waals surface area contributed by atoms with Gasteiger partial charge < -0.3 is 20.3 Å². The van der Waals surface area contributed by atoms with Crippen LogP contribution < -0.4 is 10.6 Å². The van der Waals surface area contributed by atoms with E-state index in [1.165, 1.54) is 12.3 Å². The molecule has 0 spiro atoms.